The molecule has 0 aliphatic rings. The van der Waals surface area contributed by atoms with Crippen molar-refractivity contribution in [1.82, 2.24) is 5.16 Å². The summed E-state index contributed by atoms with van der Waals surface area (Å²) in [6.07, 6.45) is -1.21. The number of hydrogen-bond donors (Lipinski definition) is 1. The van der Waals surface area contributed by atoms with Crippen LogP contribution < -0.4 is 5.32 Å². The van der Waals surface area contributed by atoms with Crippen LogP contribution in [0, 0.1) is 5.82 Å². The van der Waals surface area contributed by atoms with Crippen LogP contribution in [0.1, 0.15) is 12.6 Å². The number of fused-ring (bicyclic) bond motifs is 1. The normalized spacial score (nSPS) is 11.9. The molecule has 1 atom stereocenters. The Kier molecular flexibility index (Phi) is 4.74. The molecule has 128 valence electrons. The third-order valence-electron chi connectivity index (χ3n) is 3.57. The lowest BCUT2D eigenvalue weighted by Crippen LogP contribution is -2.30. The molecular weight excluding hydrogens is 327 g/mol. The third kappa shape index (κ3) is 3.82. The number of nitrogens with one attached hydrogen (secondary N) is 1. The van der Waals surface area contributed by atoms with Crippen molar-refractivity contribution in [3.05, 3.63) is 60.0 Å². The lowest BCUT2D eigenvalue weighted by molar-refractivity contribution is -0.152. The molecule has 0 bridgehead atoms. The lowest BCUT2D eigenvalue weighted by Gasteiger charge is -2.13. The average molecular weight is 342 g/mol. The fraction of sp³-hybridized carbons (Fsp3) is 0.167. The number of para-hydroxylation sites is 2. The highest BCUT2D eigenvalue weighted by atomic mass is 19.1. The smallest absolute Gasteiger partial charge is 0.312 e. The molecule has 0 aliphatic heterocycles. The van der Waals surface area contributed by atoms with Crippen molar-refractivity contribution in [3.8, 4) is 0 Å². The fourth-order valence-corrected chi connectivity index (χ4v) is 2.29. The zero-order valence-corrected chi connectivity index (χ0v) is 13.4. The van der Waals surface area contributed by atoms with E-state index in [1.807, 2.05) is 0 Å². The molecule has 1 N–H and O–H groups in total. The summed E-state index contributed by atoms with van der Waals surface area (Å²) in [4.78, 5) is 24.1. The number of nitrogens with zero attached hydrogens (tertiary/aromatic N) is 1. The summed E-state index contributed by atoms with van der Waals surface area (Å²) in [6, 6.07) is 12.9. The summed E-state index contributed by atoms with van der Waals surface area (Å²) in [5.74, 6) is -1.82. The molecule has 0 radical (unpaired) electrons. The van der Waals surface area contributed by atoms with Gasteiger partial charge in [-0.25, -0.2) is 4.39 Å². The standard InChI is InChI=1S/C18H15FN2O4/c1-11(18(23)20-14-8-4-3-7-13(14)19)24-17(22)10-15-12-6-2-5-9-16(12)25-21-15/h2-9,11H,10H2,1H3,(H,20,23)/t11-/m1/s1. The zero-order chi connectivity index (χ0) is 17.8. The first kappa shape index (κ1) is 16.6. The number of amides is 1. The van der Waals surface area contributed by atoms with E-state index in [4.69, 9.17) is 9.26 Å². The minimum atomic E-state index is -1.08. The Hall–Kier alpha value is -3.22. The second kappa shape index (κ2) is 7.12. The van der Waals surface area contributed by atoms with E-state index in [0.29, 0.717) is 16.7 Å². The minimum Gasteiger partial charge on any atom is -0.452 e. The first-order valence-electron chi connectivity index (χ1n) is 7.63. The SMILES string of the molecule is C[C@@H](OC(=O)Cc1noc2ccccc12)C(=O)Nc1ccccc1F. The van der Waals surface area contributed by atoms with Crippen LogP contribution in [0.2, 0.25) is 0 Å². The van der Waals surface area contributed by atoms with Gasteiger partial charge in [0.1, 0.15) is 11.5 Å². The highest BCUT2D eigenvalue weighted by molar-refractivity contribution is 5.95. The van der Waals surface area contributed by atoms with Crippen molar-refractivity contribution in [2.24, 2.45) is 0 Å². The maximum absolute atomic E-state index is 13.5. The molecule has 0 unspecified atom stereocenters. The summed E-state index contributed by atoms with van der Waals surface area (Å²) in [7, 11) is 0. The predicted molar refractivity (Wildman–Crippen MR) is 88.3 cm³/mol. The van der Waals surface area contributed by atoms with E-state index in [1.54, 1.807) is 30.3 Å². The maximum atomic E-state index is 13.5. The number of hydrogen-bond acceptors (Lipinski definition) is 5. The summed E-state index contributed by atoms with van der Waals surface area (Å²) in [6.45, 7) is 1.41. The molecule has 0 saturated heterocycles. The summed E-state index contributed by atoms with van der Waals surface area (Å²) < 4.78 is 23.7. The van der Waals surface area contributed by atoms with Gasteiger partial charge < -0.3 is 14.6 Å². The molecule has 0 fully saturated rings. The van der Waals surface area contributed by atoms with E-state index in [2.05, 4.69) is 10.5 Å². The topological polar surface area (TPSA) is 81.4 Å². The lowest BCUT2D eigenvalue weighted by atomic mass is 10.2. The van der Waals surface area contributed by atoms with Gasteiger partial charge in [0.05, 0.1) is 12.1 Å². The number of carbonyl (C=O) groups is 2. The number of esters is 1. The van der Waals surface area contributed by atoms with Gasteiger partial charge in [-0.1, -0.05) is 29.4 Å². The molecule has 6 nitrogen and oxygen atoms in total. The van der Waals surface area contributed by atoms with Gasteiger partial charge in [0.25, 0.3) is 5.91 Å². The van der Waals surface area contributed by atoms with Crippen LogP contribution in [0.3, 0.4) is 0 Å². The van der Waals surface area contributed by atoms with E-state index < -0.39 is 23.8 Å². The van der Waals surface area contributed by atoms with Crippen molar-refractivity contribution < 1.29 is 23.2 Å². The minimum absolute atomic E-state index is 0.0258. The van der Waals surface area contributed by atoms with Crippen molar-refractivity contribution in [2.45, 2.75) is 19.4 Å². The van der Waals surface area contributed by atoms with Gasteiger partial charge in [-0.3, -0.25) is 9.59 Å². The maximum Gasteiger partial charge on any atom is 0.312 e. The van der Waals surface area contributed by atoms with E-state index >= 15 is 0 Å². The van der Waals surface area contributed by atoms with Crippen LogP contribution in [0.4, 0.5) is 10.1 Å². The zero-order valence-electron chi connectivity index (χ0n) is 13.4. The second-order valence-corrected chi connectivity index (χ2v) is 5.40. The fourth-order valence-electron chi connectivity index (χ4n) is 2.29. The largest absolute Gasteiger partial charge is 0.452 e. The Morgan fingerprint density at radius 1 is 1.20 bits per heavy atom. The number of aromatic nitrogens is 1. The van der Waals surface area contributed by atoms with Crippen molar-refractivity contribution in [3.63, 3.8) is 0 Å². The average Bonchev–Trinajstić information content (AvgIpc) is 3.00. The Labute approximate surface area is 142 Å². The number of rotatable bonds is 5. The summed E-state index contributed by atoms with van der Waals surface area (Å²) in [5, 5.41) is 6.93. The quantitative estimate of drug-likeness (QED) is 0.721. The Morgan fingerprint density at radius 2 is 1.92 bits per heavy atom. The van der Waals surface area contributed by atoms with E-state index in [-0.39, 0.29) is 12.1 Å². The predicted octanol–water partition coefficient (Wildman–Crippen LogP) is 3.08. The van der Waals surface area contributed by atoms with Crippen molar-refractivity contribution in [1.29, 1.82) is 0 Å². The number of anilines is 1. The van der Waals surface area contributed by atoms with E-state index in [9.17, 15) is 14.0 Å². The highest BCUT2D eigenvalue weighted by Gasteiger charge is 2.21. The van der Waals surface area contributed by atoms with Crippen LogP contribution in [0.25, 0.3) is 11.0 Å². The summed E-state index contributed by atoms with van der Waals surface area (Å²) in [5.41, 5.74) is 1.02. The van der Waals surface area contributed by atoms with Gasteiger partial charge in [-0.2, -0.15) is 0 Å². The molecule has 7 heteroatoms. The van der Waals surface area contributed by atoms with Crippen LogP contribution in [-0.2, 0) is 20.7 Å². The number of carbonyl (C=O) groups excluding carboxylic acids is 2. The van der Waals surface area contributed by atoms with Crippen LogP contribution >= 0.6 is 0 Å². The number of benzene rings is 2. The Morgan fingerprint density at radius 3 is 2.72 bits per heavy atom. The first-order chi connectivity index (χ1) is 12.0. The van der Waals surface area contributed by atoms with Crippen LogP contribution in [0.5, 0.6) is 0 Å². The van der Waals surface area contributed by atoms with Crippen LogP contribution in [-0.4, -0.2) is 23.1 Å². The molecular formula is C18H15FN2O4. The highest BCUT2D eigenvalue weighted by Crippen LogP contribution is 2.19. The van der Waals surface area contributed by atoms with Gasteiger partial charge in [-0.15, -0.1) is 0 Å². The molecule has 0 spiro atoms. The van der Waals surface area contributed by atoms with Gasteiger partial charge >= 0.3 is 5.97 Å². The Balaban J connectivity index is 1.60. The summed E-state index contributed by atoms with van der Waals surface area (Å²) >= 11 is 0. The first-order valence-corrected chi connectivity index (χ1v) is 7.63. The number of halogens is 1. The molecule has 1 heterocycles. The molecule has 1 amide bonds. The van der Waals surface area contributed by atoms with Gasteiger partial charge in [0.2, 0.25) is 0 Å². The number of ether oxygens (including phenoxy) is 1. The molecule has 0 saturated carbocycles. The molecule has 3 rings (SSSR count). The van der Waals surface area contributed by atoms with Crippen LogP contribution in [0.15, 0.2) is 53.1 Å². The Bertz CT molecular complexity index is 922. The second-order valence-electron chi connectivity index (χ2n) is 5.40. The van der Waals surface area contributed by atoms with Crippen molar-refractivity contribution >= 4 is 28.5 Å². The van der Waals surface area contributed by atoms with Gasteiger partial charge in [-0.05, 0) is 31.2 Å². The van der Waals surface area contributed by atoms with Gasteiger partial charge in [0.15, 0.2) is 11.7 Å². The van der Waals surface area contributed by atoms with E-state index in [0.717, 1.165) is 0 Å². The molecule has 2 aromatic carbocycles. The van der Waals surface area contributed by atoms with Gasteiger partial charge in [0, 0.05) is 5.39 Å². The molecule has 0 aliphatic carbocycles. The molecule has 3 aromatic rings. The molecule has 1 aromatic heterocycles. The monoisotopic (exact) mass is 342 g/mol. The third-order valence-corrected chi connectivity index (χ3v) is 3.57. The van der Waals surface area contributed by atoms with Crippen molar-refractivity contribution in [2.75, 3.05) is 5.32 Å². The molecule has 25 heavy (non-hydrogen) atoms. The van der Waals surface area contributed by atoms with E-state index in [1.165, 1.54) is 25.1 Å².